The van der Waals surface area contributed by atoms with Crippen LogP contribution in [0.5, 0.6) is 0 Å². The number of anilines is 1. The van der Waals surface area contributed by atoms with Crippen LogP contribution in [0.3, 0.4) is 0 Å². The fourth-order valence-electron chi connectivity index (χ4n) is 1.89. The minimum absolute atomic E-state index is 0.784. The van der Waals surface area contributed by atoms with Crippen molar-refractivity contribution in [3.05, 3.63) is 24.0 Å². The number of nitrogen functional groups attached to an aromatic ring is 1. The van der Waals surface area contributed by atoms with Gasteiger partial charge in [-0.15, -0.1) is 0 Å². The van der Waals surface area contributed by atoms with Crippen molar-refractivity contribution in [2.75, 3.05) is 12.3 Å². The molecule has 0 spiro atoms. The largest absolute Gasteiger partial charge is 0.397 e. The summed E-state index contributed by atoms with van der Waals surface area (Å²) in [5, 5.41) is 0. The van der Waals surface area contributed by atoms with Gasteiger partial charge in [0.15, 0.2) is 0 Å². The Kier molecular flexibility index (Phi) is 3.21. The quantitative estimate of drug-likeness (QED) is 0.799. The van der Waals surface area contributed by atoms with Gasteiger partial charge in [0.2, 0.25) is 0 Å². The van der Waals surface area contributed by atoms with Gasteiger partial charge in [-0.05, 0) is 37.9 Å². The topological polar surface area (TPSA) is 42.2 Å². The molecule has 0 amide bonds. The summed E-state index contributed by atoms with van der Waals surface area (Å²) in [6.45, 7) is 4.28. The highest BCUT2D eigenvalue weighted by atomic mass is 15.2. The third-order valence-corrected chi connectivity index (χ3v) is 2.85. The molecule has 0 aromatic carbocycles. The molecule has 0 bridgehead atoms. The van der Waals surface area contributed by atoms with Gasteiger partial charge in [0, 0.05) is 18.8 Å². The zero-order valence-corrected chi connectivity index (χ0v) is 9.32. The number of hydrogen-bond donors (Lipinski definition) is 1. The highest BCUT2D eigenvalue weighted by molar-refractivity contribution is 5.41. The summed E-state index contributed by atoms with van der Waals surface area (Å²) in [7, 11) is 0. The highest BCUT2D eigenvalue weighted by Gasteiger charge is 2.28. The average Bonchev–Trinajstić information content (AvgIpc) is 3.04. The van der Waals surface area contributed by atoms with E-state index in [-0.39, 0.29) is 0 Å². The number of aromatic nitrogens is 1. The number of rotatable bonds is 5. The summed E-state index contributed by atoms with van der Waals surface area (Å²) in [6.07, 6.45) is 5.70. The predicted molar refractivity (Wildman–Crippen MR) is 62.4 cm³/mol. The van der Waals surface area contributed by atoms with Crippen LogP contribution in [0.15, 0.2) is 18.3 Å². The van der Waals surface area contributed by atoms with Crippen molar-refractivity contribution in [1.82, 2.24) is 9.88 Å². The van der Waals surface area contributed by atoms with Crippen molar-refractivity contribution >= 4 is 5.69 Å². The molecule has 15 heavy (non-hydrogen) atoms. The SMILES string of the molecule is CCCN(Cc1ncccc1N)C1CC1. The van der Waals surface area contributed by atoms with Crippen molar-refractivity contribution in [2.24, 2.45) is 0 Å². The number of hydrogen-bond acceptors (Lipinski definition) is 3. The van der Waals surface area contributed by atoms with Crippen LogP contribution in [-0.4, -0.2) is 22.5 Å². The molecule has 3 nitrogen and oxygen atoms in total. The monoisotopic (exact) mass is 205 g/mol. The van der Waals surface area contributed by atoms with Gasteiger partial charge in [0.25, 0.3) is 0 Å². The lowest BCUT2D eigenvalue weighted by atomic mass is 10.2. The molecule has 0 unspecified atom stereocenters. The smallest absolute Gasteiger partial charge is 0.0772 e. The van der Waals surface area contributed by atoms with Gasteiger partial charge in [-0.2, -0.15) is 0 Å². The van der Waals surface area contributed by atoms with Gasteiger partial charge >= 0.3 is 0 Å². The van der Waals surface area contributed by atoms with E-state index in [9.17, 15) is 0 Å². The first-order valence-electron chi connectivity index (χ1n) is 5.74. The molecule has 0 radical (unpaired) electrons. The van der Waals surface area contributed by atoms with Gasteiger partial charge in [0.1, 0.15) is 0 Å². The number of nitrogens with two attached hydrogens (primary N) is 1. The summed E-state index contributed by atoms with van der Waals surface area (Å²) in [5.74, 6) is 0. The molecule has 0 atom stereocenters. The third-order valence-electron chi connectivity index (χ3n) is 2.85. The fourth-order valence-corrected chi connectivity index (χ4v) is 1.89. The second kappa shape index (κ2) is 4.62. The lowest BCUT2D eigenvalue weighted by Gasteiger charge is -2.21. The molecule has 1 aliphatic carbocycles. The van der Waals surface area contributed by atoms with E-state index in [4.69, 9.17) is 5.73 Å². The zero-order chi connectivity index (χ0) is 10.7. The molecule has 1 heterocycles. The van der Waals surface area contributed by atoms with Crippen molar-refractivity contribution in [1.29, 1.82) is 0 Å². The van der Waals surface area contributed by atoms with Crippen molar-refractivity contribution < 1.29 is 0 Å². The van der Waals surface area contributed by atoms with Crippen LogP contribution in [0.1, 0.15) is 31.9 Å². The van der Waals surface area contributed by atoms with E-state index in [0.29, 0.717) is 0 Å². The van der Waals surface area contributed by atoms with Gasteiger partial charge in [-0.1, -0.05) is 6.92 Å². The maximum absolute atomic E-state index is 5.90. The minimum Gasteiger partial charge on any atom is -0.397 e. The molecule has 2 N–H and O–H groups in total. The van der Waals surface area contributed by atoms with Crippen LogP contribution >= 0.6 is 0 Å². The Morgan fingerprint density at radius 2 is 2.33 bits per heavy atom. The van der Waals surface area contributed by atoms with Crippen LogP contribution in [0, 0.1) is 0 Å². The zero-order valence-electron chi connectivity index (χ0n) is 9.32. The Morgan fingerprint density at radius 3 is 2.93 bits per heavy atom. The molecular weight excluding hydrogens is 186 g/mol. The molecule has 0 aliphatic heterocycles. The van der Waals surface area contributed by atoms with Crippen LogP contribution in [0.2, 0.25) is 0 Å². The van der Waals surface area contributed by atoms with E-state index in [1.54, 1.807) is 0 Å². The fraction of sp³-hybridized carbons (Fsp3) is 0.583. The second-order valence-electron chi connectivity index (χ2n) is 4.24. The summed E-state index contributed by atoms with van der Waals surface area (Å²) < 4.78 is 0. The van der Waals surface area contributed by atoms with Gasteiger partial charge in [0.05, 0.1) is 11.4 Å². The van der Waals surface area contributed by atoms with Gasteiger partial charge in [-0.25, -0.2) is 0 Å². The van der Waals surface area contributed by atoms with Crippen LogP contribution < -0.4 is 5.73 Å². The maximum Gasteiger partial charge on any atom is 0.0772 e. The highest BCUT2D eigenvalue weighted by Crippen LogP contribution is 2.28. The molecule has 2 rings (SSSR count). The average molecular weight is 205 g/mol. The molecule has 1 aromatic heterocycles. The van der Waals surface area contributed by atoms with Gasteiger partial charge in [-0.3, -0.25) is 9.88 Å². The molecule has 82 valence electrons. The molecule has 1 aromatic rings. The van der Waals surface area contributed by atoms with Crippen LogP contribution in [0.4, 0.5) is 5.69 Å². The van der Waals surface area contributed by atoms with E-state index in [1.165, 1.54) is 19.3 Å². The Bertz CT molecular complexity index is 320. The molecule has 1 saturated carbocycles. The Labute approximate surface area is 91.3 Å². The molecule has 1 fully saturated rings. The molecular formula is C12H19N3. The molecule has 1 aliphatic rings. The van der Waals surface area contributed by atoms with E-state index in [2.05, 4.69) is 16.8 Å². The van der Waals surface area contributed by atoms with E-state index >= 15 is 0 Å². The van der Waals surface area contributed by atoms with Crippen molar-refractivity contribution in [3.8, 4) is 0 Å². The van der Waals surface area contributed by atoms with Crippen molar-refractivity contribution in [3.63, 3.8) is 0 Å². The summed E-state index contributed by atoms with van der Waals surface area (Å²) >= 11 is 0. The van der Waals surface area contributed by atoms with E-state index < -0.39 is 0 Å². The minimum atomic E-state index is 0.784. The second-order valence-corrected chi connectivity index (χ2v) is 4.24. The first-order valence-corrected chi connectivity index (χ1v) is 5.74. The lowest BCUT2D eigenvalue weighted by molar-refractivity contribution is 0.253. The Hall–Kier alpha value is -1.09. The third kappa shape index (κ3) is 2.69. The van der Waals surface area contributed by atoms with Crippen molar-refractivity contribution in [2.45, 2.75) is 38.8 Å². The standard InChI is InChI=1S/C12H19N3/c1-2-8-15(10-5-6-10)9-12-11(13)4-3-7-14-12/h3-4,7,10H,2,5-6,8-9,13H2,1H3. The first kappa shape index (κ1) is 10.4. The Morgan fingerprint density at radius 1 is 1.53 bits per heavy atom. The van der Waals surface area contributed by atoms with Gasteiger partial charge < -0.3 is 5.73 Å². The Balaban J connectivity index is 2.02. The lowest BCUT2D eigenvalue weighted by Crippen LogP contribution is -2.27. The summed E-state index contributed by atoms with van der Waals surface area (Å²) in [5.41, 5.74) is 7.74. The molecule has 0 saturated heterocycles. The van der Waals surface area contributed by atoms with E-state index in [1.807, 2.05) is 18.3 Å². The van der Waals surface area contributed by atoms with Crippen LogP contribution in [0.25, 0.3) is 0 Å². The summed E-state index contributed by atoms with van der Waals surface area (Å²) in [4.78, 5) is 6.84. The molecule has 3 heteroatoms. The normalized spacial score (nSPS) is 15.9. The first-order chi connectivity index (χ1) is 7.31. The van der Waals surface area contributed by atoms with Crippen LogP contribution in [-0.2, 0) is 6.54 Å². The van der Waals surface area contributed by atoms with E-state index in [0.717, 1.165) is 30.5 Å². The summed E-state index contributed by atoms with van der Waals surface area (Å²) in [6, 6.07) is 4.60. The number of nitrogens with zero attached hydrogens (tertiary/aromatic N) is 2. The maximum atomic E-state index is 5.90. The number of pyridine rings is 1. The predicted octanol–water partition coefficient (Wildman–Crippen LogP) is 2.04.